The molecule has 3 aromatic rings. The molecule has 1 aromatic heterocycles. The second-order valence-corrected chi connectivity index (χ2v) is 4.67. The molecule has 4 heteroatoms. The molecule has 21 heavy (non-hydrogen) atoms. The lowest BCUT2D eigenvalue weighted by Crippen LogP contribution is -1.91. The number of aromatic nitrogens is 1. The minimum Gasteiger partial charge on any atom is -0.508 e. The molecule has 0 aliphatic rings. The second kappa shape index (κ2) is 5.32. The van der Waals surface area contributed by atoms with Crippen molar-refractivity contribution >= 4 is 10.8 Å². The highest BCUT2D eigenvalue weighted by Crippen LogP contribution is 2.32. The minimum absolute atomic E-state index is 0.239. The summed E-state index contributed by atoms with van der Waals surface area (Å²) in [7, 11) is 3.25. The highest BCUT2D eigenvalue weighted by atomic mass is 16.5. The molecule has 0 unspecified atom stereocenters. The van der Waals surface area contributed by atoms with E-state index in [1.807, 2.05) is 30.3 Å². The van der Waals surface area contributed by atoms with Crippen molar-refractivity contribution in [3.8, 4) is 28.5 Å². The van der Waals surface area contributed by atoms with Crippen molar-refractivity contribution in [1.82, 2.24) is 4.98 Å². The number of rotatable bonds is 3. The molecule has 0 amide bonds. The van der Waals surface area contributed by atoms with Crippen LogP contribution in [0.15, 0.2) is 48.7 Å². The first kappa shape index (κ1) is 13.2. The number of aromatic hydroxyl groups is 1. The molecule has 0 bridgehead atoms. The van der Waals surface area contributed by atoms with Crippen molar-refractivity contribution in [2.24, 2.45) is 0 Å². The summed E-state index contributed by atoms with van der Waals surface area (Å²) in [5.74, 6) is 1.71. The minimum atomic E-state index is 0.239. The van der Waals surface area contributed by atoms with E-state index in [9.17, 15) is 5.11 Å². The number of benzene rings is 2. The molecule has 106 valence electrons. The van der Waals surface area contributed by atoms with Crippen molar-refractivity contribution in [2.45, 2.75) is 0 Å². The smallest absolute Gasteiger partial charge is 0.131 e. The average Bonchev–Trinajstić information content (AvgIpc) is 2.53. The molecule has 1 N–H and O–H groups in total. The number of ether oxygens (including phenoxy) is 2. The number of nitrogens with zero attached hydrogens (tertiary/aromatic N) is 1. The summed E-state index contributed by atoms with van der Waals surface area (Å²) >= 11 is 0. The van der Waals surface area contributed by atoms with Gasteiger partial charge in [0.2, 0.25) is 0 Å². The molecule has 0 radical (unpaired) electrons. The maximum absolute atomic E-state index is 9.36. The average molecular weight is 281 g/mol. The molecule has 4 nitrogen and oxygen atoms in total. The van der Waals surface area contributed by atoms with Gasteiger partial charge in [0, 0.05) is 23.2 Å². The molecule has 0 saturated carbocycles. The van der Waals surface area contributed by atoms with Crippen LogP contribution in [0.1, 0.15) is 0 Å². The van der Waals surface area contributed by atoms with Gasteiger partial charge in [-0.2, -0.15) is 0 Å². The van der Waals surface area contributed by atoms with Crippen LogP contribution in [0.4, 0.5) is 0 Å². The Morgan fingerprint density at radius 1 is 0.952 bits per heavy atom. The molecular weight excluding hydrogens is 266 g/mol. The van der Waals surface area contributed by atoms with Gasteiger partial charge in [-0.05, 0) is 41.8 Å². The molecule has 2 aromatic carbocycles. The molecule has 0 atom stereocenters. The fraction of sp³-hybridized carbons (Fsp3) is 0.118. The van der Waals surface area contributed by atoms with Crippen LogP contribution < -0.4 is 9.47 Å². The van der Waals surface area contributed by atoms with Crippen LogP contribution >= 0.6 is 0 Å². The first-order valence-electron chi connectivity index (χ1n) is 6.52. The van der Waals surface area contributed by atoms with Gasteiger partial charge in [0.25, 0.3) is 0 Å². The van der Waals surface area contributed by atoms with Crippen LogP contribution in [0.3, 0.4) is 0 Å². The van der Waals surface area contributed by atoms with Crippen molar-refractivity contribution < 1.29 is 14.6 Å². The Kier molecular flexibility index (Phi) is 3.36. The van der Waals surface area contributed by atoms with Crippen molar-refractivity contribution in [1.29, 1.82) is 0 Å². The zero-order chi connectivity index (χ0) is 14.8. The third-order valence-electron chi connectivity index (χ3n) is 3.39. The maximum Gasteiger partial charge on any atom is 0.131 e. The third-order valence-corrected chi connectivity index (χ3v) is 3.39. The van der Waals surface area contributed by atoms with Gasteiger partial charge in [0.05, 0.1) is 19.9 Å². The van der Waals surface area contributed by atoms with E-state index in [2.05, 4.69) is 4.98 Å². The predicted molar refractivity (Wildman–Crippen MR) is 81.9 cm³/mol. The van der Waals surface area contributed by atoms with E-state index in [0.717, 1.165) is 33.5 Å². The van der Waals surface area contributed by atoms with Gasteiger partial charge < -0.3 is 14.6 Å². The van der Waals surface area contributed by atoms with Gasteiger partial charge in [0.1, 0.15) is 17.2 Å². The third kappa shape index (κ3) is 2.48. The Hall–Kier alpha value is -2.75. The van der Waals surface area contributed by atoms with Crippen LogP contribution in [0, 0.1) is 0 Å². The first-order chi connectivity index (χ1) is 10.2. The maximum atomic E-state index is 9.36. The number of phenolic OH excluding ortho intramolecular Hbond substituents is 1. The van der Waals surface area contributed by atoms with Crippen LogP contribution in [-0.4, -0.2) is 24.3 Å². The number of methoxy groups -OCH3 is 2. The monoisotopic (exact) mass is 281 g/mol. The number of hydrogen-bond donors (Lipinski definition) is 1. The van der Waals surface area contributed by atoms with Gasteiger partial charge >= 0.3 is 0 Å². The van der Waals surface area contributed by atoms with Crippen LogP contribution in [0.25, 0.3) is 22.0 Å². The Morgan fingerprint density at radius 3 is 2.38 bits per heavy atom. The summed E-state index contributed by atoms with van der Waals surface area (Å²) in [6, 6.07) is 12.7. The Balaban J connectivity index is 2.16. The molecule has 1 heterocycles. The zero-order valence-corrected chi connectivity index (χ0v) is 11.8. The van der Waals surface area contributed by atoms with E-state index >= 15 is 0 Å². The standard InChI is InChI=1S/C17H15NO3/c1-20-14-7-12-8-16(11-3-5-13(19)6-4-11)18-10-15(12)17(9-14)21-2/h3-10,19H,1-2H3. The largest absolute Gasteiger partial charge is 0.508 e. The first-order valence-corrected chi connectivity index (χ1v) is 6.52. The number of hydrogen-bond acceptors (Lipinski definition) is 4. The molecule has 0 aliphatic carbocycles. The summed E-state index contributed by atoms with van der Waals surface area (Å²) in [6.45, 7) is 0. The quantitative estimate of drug-likeness (QED) is 0.796. The van der Waals surface area contributed by atoms with Crippen LogP contribution in [-0.2, 0) is 0 Å². The van der Waals surface area contributed by atoms with Crippen molar-refractivity contribution in [3.05, 3.63) is 48.7 Å². The van der Waals surface area contributed by atoms with E-state index in [1.54, 1.807) is 32.5 Å². The highest BCUT2D eigenvalue weighted by Gasteiger charge is 2.08. The molecular formula is C17H15NO3. The van der Waals surface area contributed by atoms with E-state index in [0.29, 0.717) is 0 Å². The topological polar surface area (TPSA) is 51.6 Å². The van der Waals surface area contributed by atoms with E-state index in [1.165, 1.54) is 0 Å². The summed E-state index contributed by atoms with van der Waals surface area (Å²) in [5.41, 5.74) is 1.77. The number of phenols is 1. The number of pyridine rings is 1. The summed E-state index contributed by atoms with van der Waals surface area (Å²) in [6.07, 6.45) is 1.79. The number of fused-ring (bicyclic) bond motifs is 1. The van der Waals surface area contributed by atoms with Crippen LogP contribution in [0.5, 0.6) is 17.2 Å². The summed E-state index contributed by atoms with van der Waals surface area (Å²) in [5, 5.41) is 11.3. The lowest BCUT2D eigenvalue weighted by atomic mass is 10.1. The van der Waals surface area contributed by atoms with Gasteiger partial charge in [-0.1, -0.05) is 0 Å². The van der Waals surface area contributed by atoms with Crippen molar-refractivity contribution in [2.75, 3.05) is 14.2 Å². The van der Waals surface area contributed by atoms with Gasteiger partial charge in [-0.25, -0.2) is 0 Å². The van der Waals surface area contributed by atoms with E-state index in [-0.39, 0.29) is 5.75 Å². The molecule has 0 aliphatic heterocycles. The SMILES string of the molecule is COc1cc(OC)c2cnc(-c3ccc(O)cc3)cc2c1. The van der Waals surface area contributed by atoms with Crippen molar-refractivity contribution in [3.63, 3.8) is 0 Å². The predicted octanol–water partition coefficient (Wildman–Crippen LogP) is 3.62. The molecule has 3 rings (SSSR count). The fourth-order valence-corrected chi connectivity index (χ4v) is 2.27. The summed E-state index contributed by atoms with van der Waals surface area (Å²) in [4.78, 5) is 4.47. The normalized spacial score (nSPS) is 10.6. The van der Waals surface area contributed by atoms with Gasteiger partial charge in [0.15, 0.2) is 0 Å². The highest BCUT2D eigenvalue weighted by molar-refractivity contribution is 5.91. The lowest BCUT2D eigenvalue weighted by Gasteiger charge is -2.10. The lowest BCUT2D eigenvalue weighted by molar-refractivity contribution is 0.398. The van der Waals surface area contributed by atoms with Gasteiger partial charge in [-0.3, -0.25) is 4.98 Å². The van der Waals surface area contributed by atoms with Gasteiger partial charge in [-0.15, -0.1) is 0 Å². The Morgan fingerprint density at radius 2 is 1.71 bits per heavy atom. The van der Waals surface area contributed by atoms with E-state index < -0.39 is 0 Å². The summed E-state index contributed by atoms with van der Waals surface area (Å²) < 4.78 is 10.7. The zero-order valence-electron chi connectivity index (χ0n) is 11.8. The Bertz CT molecular complexity index is 782. The fourth-order valence-electron chi connectivity index (χ4n) is 2.27. The van der Waals surface area contributed by atoms with E-state index in [4.69, 9.17) is 9.47 Å². The molecule has 0 fully saturated rings. The molecule has 0 spiro atoms. The molecule has 0 saturated heterocycles. The van der Waals surface area contributed by atoms with Crippen LogP contribution in [0.2, 0.25) is 0 Å². The second-order valence-electron chi connectivity index (χ2n) is 4.67. The Labute approximate surface area is 122 Å².